The molecule has 2 amide bonds. The van der Waals surface area contributed by atoms with E-state index < -0.39 is 6.04 Å². The van der Waals surface area contributed by atoms with Crippen LogP contribution in [0.2, 0.25) is 0 Å². The second kappa shape index (κ2) is 7.12. The summed E-state index contributed by atoms with van der Waals surface area (Å²) in [6.45, 7) is 0.832. The Bertz CT molecular complexity index is 733. The highest BCUT2D eigenvalue weighted by Crippen LogP contribution is 2.24. The maximum absolute atomic E-state index is 13.1. The van der Waals surface area contributed by atoms with Crippen LogP contribution in [0.5, 0.6) is 5.75 Å². The zero-order chi connectivity index (χ0) is 16.9. The Labute approximate surface area is 139 Å². The fourth-order valence-electron chi connectivity index (χ4n) is 2.69. The van der Waals surface area contributed by atoms with E-state index in [1.165, 1.54) is 12.1 Å². The van der Waals surface area contributed by atoms with Gasteiger partial charge in [0.05, 0.1) is 0 Å². The molecule has 0 aromatic heterocycles. The van der Waals surface area contributed by atoms with Gasteiger partial charge in [-0.1, -0.05) is 12.1 Å². The molecule has 1 aliphatic rings. The minimum absolute atomic E-state index is 0.115. The van der Waals surface area contributed by atoms with Gasteiger partial charge in [0.15, 0.2) is 0 Å². The molecule has 0 aliphatic carbocycles. The Kier molecular flexibility index (Phi) is 4.74. The summed E-state index contributed by atoms with van der Waals surface area (Å²) in [6, 6.07) is 12.9. The first-order chi connectivity index (χ1) is 11.7. The van der Waals surface area contributed by atoms with E-state index in [1.54, 1.807) is 41.3 Å². The van der Waals surface area contributed by atoms with Crippen molar-refractivity contribution in [2.24, 2.45) is 0 Å². The largest absolute Gasteiger partial charge is 0.489 e. The lowest BCUT2D eigenvalue weighted by Gasteiger charge is -2.17. The molecule has 1 heterocycles. The summed E-state index contributed by atoms with van der Waals surface area (Å²) in [7, 11) is 0. The van der Waals surface area contributed by atoms with E-state index in [1.807, 2.05) is 0 Å². The van der Waals surface area contributed by atoms with Crippen molar-refractivity contribution in [1.29, 1.82) is 0 Å². The van der Waals surface area contributed by atoms with Gasteiger partial charge in [0.1, 0.15) is 24.2 Å². The molecule has 0 saturated carbocycles. The van der Waals surface area contributed by atoms with Crippen LogP contribution in [0, 0.1) is 5.82 Å². The summed E-state index contributed by atoms with van der Waals surface area (Å²) in [4.78, 5) is 24.3. The normalized spacial score (nSPS) is 17.0. The third kappa shape index (κ3) is 3.53. The van der Waals surface area contributed by atoms with E-state index in [4.69, 9.17) is 4.74 Å². The molecule has 0 radical (unpaired) electrons. The molecule has 1 N–H and O–H groups in total. The molecule has 0 bridgehead atoms. The molecule has 6 heteroatoms. The number of carbonyl (C=O) groups excluding carboxylic acids is 2. The Morgan fingerprint density at radius 3 is 2.75 bits per heavy atom. The van der Waals surface area contributed by atoms with Gasteiger partial charge in [-0.05, 0) is 48.4 Å². The molecular formula is C18H17FN2O3. The van der Waals surface area contributed by atoms with Crippen molar-refractivity contribution in [3.8, 4) is 5.75 Å². The summed E-state index contributed by atoms with van der Waals surface area (Å²) in [5.41, 5.74) is 1.50. The second-order valence-corrected chi connectivity index (χ2v) is 5.53. The van der Waals surface area contributed by atoms with Crippen LogP contribution < -0.4 is 15.0 Å². The number of rotatable bonds is 6. The Morgan fingerprint density at radius 2 is 2.04 bits per heavy atom. The number of anilines is 1. The van der Waals surface area contributed by atoms with Crippen LogP contribution in [0.1, 0.15) is 12.0 Å². The predicted molar refractivity (Wildman–Crippen MR) is 87.1 cm³/mol. The quantitative estimate of drug-likeness (QED) is 0.828. The number of nitrogens with zero attached hydrogens (tertiary/aromatic N) is 1. The molecule has 1 aliphatic heterocycles. The van der Waals surface area contributed by atoms with Crippen LogP contribution >= 0.6 is 0 Å². The van der Waals surface area contributed by atoms with Crippen LogP contribution in [0.3, 0.4) is 0 Å². The Hall–Kier alpha value is -2.89. The number of hydrogen-bond donors (Lipinski definition) is 1. The van der Waals surface area contributed by atoms with Gasteiger partial charge in [-0.15, -0.1) is 0 Å². The van der Waals surface area contributed by atoms with Crippen molar-refractivity contribution in [3.05, 3.63) is 59.9 Å². The summed E-state index contributed by atoms with van der Waals surface area (Å²) < 4.78 is 18.7. The summed E-state index contributed by atoms with van der Waals surface area (Å²) in [6.07, 6.45) is 1.14. The van der Waals surface area contributed by atoms with E-state index >= 15 is 0 Å². The van der Waals surface area contributed by atoms with Crippen LogP contribution in [-0.2, 0) is 16.2 Å². The summed E-state index contributed by atoms with van der Waals surface area (Å²) in [5, 5.41) is 2.52. The Balaban J connectivity index is 1.61. The van der Waals surface area contributed by atoms with Crippen LogP contribution in [0.4, 0.5) is 10.1 Å². The summed E-state index contributed by atoms with van der Waals surface area (Å²) in [5.74, 6) is 0.227. The standard InChI is InChI=1S/C18H17FN2O3/c19-14-3-1-2-13(10-14)11-24-16-6-4-15(5-7-16)21-9-8-17(18(21)23)20-12-22/h1-7,10,12,17H,8-9,11H2,(H,20,22)/t17-/m1/s1. The van der Waals surface area contributed by atoms with Crippen molar-refractivity contribution in [3.63, 3.8) is 0 Å². The van der Waals surface area contributed by atoms with Gasteiger partial charge in [-0.25, -0.2) is 4.39 Å². The van der Waals surface area contributed by atoms with Crippen LogP contribution in [0.25, 0.3) is 0 Å². The van der Waals surface area contributed by atoms with Crippen molar-refractivity contribution < 1.29 is 18.7 Å². The van der Waals surface area contributed by atoms with Gasteiger partial charge in [0.2, 0.25) is 12.3 Å². The maximum Gasteiger partial charge on any atom is 0.249 e. The third-order valence-electron chi connectivity index (χ3n) is 3.92. The van der Waals surface area contributed by atoms with E-state index in [9.17, 15) is 14.0 Å². The lowest BCUT2D eigenvalue weighted by Crippen LogP contribution is -2.37. The highest BCUT2D eigenvalue weighted by molar-refractivity contribution is 6.00. The first-order valence-corrected chi connectivity index (χ1v) is 7.66. The number of hydrogen-bond acceptors (Lipinski definition) is 3. The number of halogens is 1. The lowest BCUT2D eigenvalue weighted by molar-refractivity contribution is -0.121. The van der Waals surface area contributed by atoms with Gasteiger partial charge in [0.25, 0.3) is 0 Å². The minimum atomic E-state index is -0.452. The highest BCUT2D eigenvalue weighted by atomic mass is 19.1. The van der Waals surface area contributed by atoms with E-state index in [0.717, 1.165) is 11.3 Å². The topological polar surface area (TPSA) is 58.6 Å². The number of amides is 2. The van der Waals surface area contributed by atoms with Crippen molar-refractivity contribution >= 4 is 18.0 Å². The number of carbonyl (C=O) groups is 2. The lowest BCUT2D eigenvalue weighted by atomic mass is 10.2. The first kappa shape index (κ1) is 16.0. The Morgan fingerprint density at radius 1 is 1.25 bits per heavy atom. The fourth-order valence-corrected chi connectivity index (χ4v) is 2.69. The molecule has 24 heavy (non-hydrogen) atoms. The van der Waals surface area contributed by atoms with E-state index in [-0.39, 0.29) is 18.3 Å². The molecule has 1 fully saturated rings. The molecule has 5 nitrogen and oxygen atoms in total. The fraction of sp³-hybridized carbons (Fsp3) is 0.222. The second-order valence-electron chi connectivity index (χ2n) is 5.53. The van der Waals surface area contributed by atoms with E-state index in [2.05, 4.69) is 5.32 Å². The predicted octanol–water partition coefficient (Wildman–Crippen LogP) is 2.26. The molecule has 124 valence electrons. The molecular weight excluding hydrogens is 311 g/mol. The average Bonchev–Trinajstić information content (AvgIpc) is 2.95. The first-order valence-electron chi connectivity index (χ1n) is 7.66. The van der Waals surface area contributed by atoms with Gasteiger partial charge in [-0.3, -0.25) is 9.59 Å². The van der Waals surface area contributed by atoms with Gasteiger partial charge < -0.3 is 15.0 Å². The van der Waals surface area contributed by atoms with Crippen molar-refractivity contribution in [2.45, 2.75) is 19.1 Å². The van der Waals surface area contributed by atoms with Crippen LogP contribution in [0.15, 0.2) is 48.5 Å². The molecule has 0 unspecified atom stereocenters. The smallest absolute Gasteiger partial charge is 0.249 e. The average molecular weight is 328 g/mol. The molecule has 1 saturated heterocycles. The SMILES string of the molecule is O=CN[C@@H]1CCN(c2ccc(OCc3cccc(F)c3)cc2)C1=O. The number of ether oxygens (including phenoxy) is 1. The number of benzene rings is 2. The van der Waals surface area contributed by atoms with Crippen LogP contribution in [-0.4, -0.2) is 24.9 Å². The van der Waals surface area contributed by atoms with Gasteiger partial charge in [0, 0.05) is 12.2 Å². The van der Waals surface area contributed by atoms with Crippen molar-refractivity contribution in [2.75, 3.05) is 11.4 Å². The zero-order valence-corrected chi connectivity index (χ0v) is 12.9. The highest BCUT2D eigenvalue weighted by Gasteiger charge is 2.31. The minimum Gasteiger partial charge on any atom is -0.489 e. The molecule has 3 rings (SSSR count). The zero-order valence-electron chi connectivity index (χ0n) is 12.9. The monoisotopic (exact) mass is 328 g/mol. The maximum atomic E-state index is 13.1. The number of nitrogens with one attached hydrogen (secondary N) is 1. The van der Waals surface area contributed by atoms with Crippen molar-refractivity contribution in [1.82, 2.24) is 5.32 Å². The molecule has 0 spiro atoms. The molecule has 1 atom stereocenters. The molecule has 2 aromatic rings. The van der Waals surface area contributed by atoms with E-state index in [0.29, 0.717) is 25.1 Å². The summed E-state index contributed by atoms with van der Waals surface area (Å²) >= 11 is 0. The third-order valence-corrected chi connectivity index (χ3v) is 3.92. The van der Waals surface area contributed by atoms with Gasteiger partial charge >= 0.3 is 0 Å². The van der Waals surface area contributed by atoms with Gasteiger partial charge in [-0.2, -0.15) is 0 Å². The molecule has 2 aromatic carbocycles.